The third-order valence-electron chi connectivity index (χ3n) is 5.88. The molecule has 3 aromatic rings. The first-order valence-electron chi connectivity index (χ1n) is 11.1. The van der Waals surface area contributed by atoms with Crippen molar-refractivity contribution in [3.8, 4) is 5.75 Å². The predicted molar refractivity (Wildman–Crippen MR) is 125 cm³/mol. The van der Waals surface area contributed by atoms with Crippen molar-refractivity contribution in [3.05, 3.63) is 60.4 Å². The number of amides is 2. The van der Waals surface area contributed by atoms with Gasteiger partial charge in [-0.05, 0) is 37.6 Å². The van der Waals surface area contributed by atoms with Crippen LogP contribution in [0.5, 0.6) is 5.75 Å². The smallest absolute Gasteiger partial charge is 0.322 e. The molecular formula is C25H31N3O4. The first-order chi connectivity index (χ1) is 15.6. The van der Waals surface area contributed by atoms with Crippen LogP contribution >= 0.6 is 0 Å². The number of para-hydroxylation sites is 1. The van der Waals surface area contributed by atoms with Crippen LogP contribution in [0.15, 0.2) is 59.0 Å². The molecule has 7 heteroatoms. The molecule has 0 bridgehead atoms. The SMILES string of the molecule is COc1cccc(NC(=O)N(CCCN2CCOCC2)[C@@H](C)c2cc3ccccc3o2)c1. The lowest BCUT2D eigenvalue weighted by Gasteiger charge is -2.31. The van der Waals surface area contributed by atoms with Crippen LogP contribution in [0.4, 0.5) is 10.5 Å². The van der Waals surface area contributed by atoms with Gasteiger partial charge in [-0.2, -0.15) is 0 Å². The second-order valence-electron chi connectivity index (χ2n) is 8.03. The molecule has 0 saturated carbocycles. The lowest BCUT2D eigenvalue weighted by molar-refractivity contribution is 0.0361. The Morgan fingerprint density at radius 2 is 1.97 bits per heavy atom. The molecule has 0 spiro atoms. The molecule has 1 aromatic heterocycles. The van der Waals surface area contributed by atoms with Gasteiger partial charge in [-0.25, -0.2) is 4.79 Å². The second-order valence-corrected chi connectivity index (χ2v) is 8.03. The summed E-state index contributed by atoms with van der Waals surface area (Å²) in [5, 5.41) is 4.06. The Balaban J connectivity index is 1.49. The monoisotopic (exact) mass is 437 g/mol. The summed E-state index contributed by atoms with van der Waals surface area (Å²) in [7, 11) is 1.61. The number of hydrogen-bond acceptors (Lipinski definition) is 5. The van der Waals surface area contributed by atoms with Crippen molar-refractivity contribution in [1.82, 2.24) is 9.80 Å². The van der Waals surface area contributed by atoms with Gasteiger partial charge in [0.2, 0.25) is 0 Å². The number of benzene rings is 2. The quantitative estimate of drug-likeness (QED) is 0.550. The van der Waals surface area contributed by atoms with Crippen molar-refractivity contribution in [3.63, 3.8) is 0 Å². The predicted octanol–water partition coefficient (Wildman–Crippen LogP) is 4.76. The molecule has 1 aliphatic rings. The molecule has 2 amide bonds. The number of anilines is 1. The summed E-state index contributed by atoms with van der Waals surface area (Å²) in [6, 6.07) is 17.0. The van der Waals surface area contributed by atoms with Crippen molar-refractivity contribution in [2.75, 3.05) is 51.8 Å². The lowest BCUT2D eigenvalue weighted by Crippen LogP contribution is -2.41. The van der Waals surface area contributed by atoms with Crippen LogP contribution < -0.4 is 10.1 Å². The van der Waals surface area contributed by atoms with Crippen LogP contribution in [0.25, 0.3) is 11.0 Å². The van der Waals surface area contributed by atoms with E-state index < -0.39 is 0 Å². The van der Waals surface area contributed by atoms with Crippen LogP contribution in [0.3, 0.4) is 0 Å². The molecule has 0 radical (unpaired) electrons. The van der Waals surface area contributed by atoms with Crippen molar-refractivity contribution >= 4 is 22.7 Å². The summed E-state index contributed by atoms with van der Waals surface area (Å²) >= 11 is 0. The number of fused-ring (bicyclic) bond motifs is 1. The van der Waals surface area contributed by atoms with E-state index in [0.29, 0.717) is 18.0 Å². The number of morpholine rings is 1. The molecular weight excluding hydrogens is 406 g/mol. The van der Waals surface area contributed by atoms with E-state index in [2.05, 4.69) is 10.2 Å². The van der Waals surface area contributed by atoms with Crippen molar-refractivity contribution in [2.45, 2.75) is 19.4 Å². The maximum Gasteiger partial charge on any atom is 0.322 e. The maximum absolute atomic E-state index is 13.3. The van der Waals surface area contributed by atoms with E-state index in [1.165, 1.54) is 0 Å². The largest absolute Gasteiger partial charge is 0.497 e. The number of methoxy groups -OCH3 is 1. The Morgan fingerprint density at radius 3 is 2.75 bits per heavy atom. The molecule has 2 heterocycles. The van der Waals surface area contributed by atoms with Crippen LogP contribution in [0.1, 0.15) is 25.1 Å². The molecule has 32 heavy (non-hydrogen) atoms. The molecule has 0 unspecified atom stereocenters. The van der Waals surface area contributed by atoms with Gasteiger partial charge in [-0.15, -0.1) is 0 Å². The van der Waals surface area contributed by atoms with Gasteiger partial charge in [-0.3, -0.25) is 4.90 Å². The average Bonchev–Trinajstić information content (AvgIpc) is 3.26. The van der Waals surface area contributed by atoms with E-state index in [4.69, 9.17) is 13.9 Å². The van der Waals surface area contributed by atoms with Gasteiger partial charge in [-0.1, -0.05) is 24.3 Å². The number of nitrogens with one attached hydrogen (secondary N) is 1. The van der Waals surface area contributed by atoms with E-state index in [9.17, 15) is 4.79 Å². The second kappa shape index (κ2) is 10.5. The molecule has 170 valence electrons. The van der Waals surface area contributed by atoms with Gasteiger partial charge in [0, 0.05) is 43.3 Å². The fourth-order valence-corrected chi connectivity index (χ4v) is 4.02. The highest BCUT2D eigenvalue weighted by Gasteiger charge is 2.25. The maximum atomic E-state index is 13.3. The standard InChI is InChI=1S/C25H31N3O4/c1-19(24-17-20-7-3-4-10-23(20)32-24)28(12-6-11-27-13-15-31-16-14-27)25(29)26-21-8-5-9-22(18-21)30-2/h3-5,7-10,17-19H,6,11-16H2,1-2H3,(H,26,29)/t19-/m0/s1. The molecule has 1 N–H and O–H groups in total. The Kier molecular flexibility index (Phi) is 7.29. The fourth-order valence-electron chi connectivity index (χ4n) is 4.02. The number of urea groups is 1. The van der Waals surface area contributed by atoms with Gasteiger partial charge in [0.05, 0.1) is 26.4 Å². The van der Waals surface area contributed by atoms with Gasteiger partial charge in [0.15, 0.2) is 0 Å². The summed E-state index contributed by atoms with van der Waals surface area (Å²) in [6.45, 7) is 6.98. The normalized spacial score (nSPS) is 15.4. The van der Waals surface area contributed by atoms with Crippen LogP contribution in [0, 0.1) is 0 Å². The molecule has 7 nitrogen and oxygen atoms in total. The molecule has 0 aliphatic carbocycles. The highest BCUT2D eigenvalue weighted by Crippen LogP contribution is 2.28. The van der Waals surface area contributed by atoms with Crippen LogP contribution in [0.2, 0.25) is 0 Å². The molecule has 1 fully saturated rings. The van der Waals surface area contributed by atoms with E-state index in [1.807, 2.05) is 66.4 Å². The van der Waals surface area contributed by atoms with Gasteiger partial charge < -0.3 is 24.1 Å². The average molecular weight is 438 g/mol. The van der Waals surface area contributed by atoms with Crippen molar-refractivity contribution < 1.29 is 18.7 Å². The zero-order valence-electron chi connectivity index (χ0n) is 18.8. The van der Waals surface area contributed by atoms with Gasteiger partial charge in [0.25, 0.3) is 0 Å². The minimum atomic E-state index is -0.210. The van der Waals surface area contributed by atoms with Crippen molar-refractivity contribution in [1.29, 1.82) is 0 Å². The number of ether oxygens (including phenoxy) is 2. The first-order valence-corrected chi connectivity index (χ1v) is 11.1. The summed E-state index contributed by atoms with van der Waals surface area (Å²) in [6.07, 6.45) is 0.871. The van der Waals surface area contributed by atoms with E-state index >= 15 is 0 Å². The molecule has 2 aromatic carbocycles. The van der Waals surface area contributed by atoms with E-state index in [1.54, 1.807) is 7.11 Å². The molecule has 1 aliphatic heterocycles. The Bertz CT molecular complexity index is 996. The first kappa shape index (κ1) is 22.2. The van der Waals surface area contributed by atoms with Crippen LogP contribution in [-0.2, 0) is 4.74 Å². The van der Waals surface area contributed by atoms with Gasteiger partial charge >= 0.3 is 6.03 Å². The number of hydrogen-bond donors (Lipinski definition) is 1. The van der Waals surface area contributed by atoms with Crippen LogP contribution in [-0.4, -0.2) is 62.3 Å². The Hall–Kier alpha value is -3.03. The Labute approximate surface area is 188 Å². The zero-order valence-corrected chi connectivity index (χ0v) is 18.8. The molecule has 1 saturated heterocycles. The number of carbonyl (C=O) groups is 1. The highest BCUT2D eigenvalue weighted by molar-refractivity contribution is 5.90. The Morgan fingerprint density at radius 1 is 1.16 bits per heavy atom. The summed E-state index contributed by atoms with van der Waals surface area (Å²) < 4.78 is 16.8. The van der Waals surface area contributed by atoms with Crippen molar-refractivity contribution in [2.24, 2.45) is 0 Å². The number of rotatable bonds is 8. The summed E-state index contributed by atoms with van der Waals surface area (Å²) in [5.41, 5.74) is 1.53. The van der Waals surface area contributed by atoms with Gasteiger partial charge in [0.1, 0.15) is 17.1 Å². The lowest BCUT2D eigenvalue weighted by atomic mass is 10.2. The third-order valence-corrected chi connectivity index (χ3v) is 5.88. The summed E-state index contributed by atoms with van der Waals surface area (Å²) in [5.74, 6) is 1.48. The summed E-state index contributed by atoms with van der Waals surface area (Å²) in [4.78, 5) is 17.6. The minimum Gasteiger partial charge on any atom is -0.497 e. The number of furan rings is 1. The fraction of sp³-hybridized carbons (Fsp3) is 0.400. The van der Waals surface area contributed by atoms with E-state index in [0.717, 1.165) is 56.0 Å². The minimum absolute atomic E-state index is 0.159. The molecule has 1 atom stereocenters. The number of nitrogens with zero attached hydrogens (tertiary/aromatic N) is 2. The highest BCUT2D eigenvalue weighted by atomic mass is 16.5. The number of carbonyl (C=O) groups excluding carboxylic acids is 1. The van der Waals surface area contributed by atoms with E-state index in [-0.39, 0.29) is 12.1 Å². The topological polar surface area (TPSA) is 67.2 Å². The zero-order chi connectivity index (χ0) is 22.3. The molecule has 4 rings (SSSR count). The third kappa shape index (κ3) is 5.41.